The van der Waals surface area contributed by atoms with Gasteiger partial charge in [-0.05, 0) is 18.2 Å². The van der Waals surface area contributed by atoms with Crippen molar-refractivity contribution in [1.29, 1.82) is 0 Å². The summed E-state index contributed by atoms with van der Waals surface area (Å²) in [5.41, 5.74) is 6.43. The summed E-state index contributed by atoms with van der Waals surface area (Å²) in [5, 5.41) is 0.981. The van der Waals surface area contributed by atoms with E-state index < -0.39 is 5.82 Å². The molecule has 2 N–H and O–H groups in total. The lowest BCUT2D eigenvalue weighted by molar-refractivity contribution is 0.622. The largest absolute Gasteiger partial charge is 0.383 e. The Kier molecular flexibility index (Phi) is 3.43. The second kappa shape index (κ2) is 4.69. The first kappa shape index (κ1) is 12.4. The third kappa shape index (κ3) is 2.46. The van der Waals surface area contributed by atoms with Crippen LogP contribution in [0.3, 0.4) is 0 Å². The molecule has 1 heterocycles. The molecular weight excluding hydrogens is 285 g/mol. The van der Waals surface area contributed by atoms with Gasteiger partial charge in [0.05, 0.1) is 16.2 Å². The van der Waals surface area contributed by atoms with Gasteiger partial charge in [-0.15, -0.1) is 0 Å². The lowest BCUT2D eigenvalue weighted by Gasteiger charge is -2.10. The van der Waals surface area contributed by atoms with Crippen molar-refractivity contribution < 1.29 is 4.39 Å². The molecule has 2 nitrogen and oxygen atoms in total. The number of nitrogens with zero attached hydrogens (tertiary/aromatic N) is 1. The second-order valence-electron chi connectivity index (χ2n) is 3.33. The lowest BCUT2D eigenvalue weighted by Crippen LogP contribution is -1.96. The van der Waals surface area contributed by atoms with Crippen LogP contribution in [0.2, 0.25) is 15.1 Å². The number of benzene rings is 1. The van der Waals surface area contributed by atoms with Gasteiger partial charge < -0.3 is 5.73 Å². The zero-order chi connectivity index (χ0) is 12.6. The molecule has 1 aromatic carbocycles. The minimum Gasteiger partial charge on any atom is -0.383 e. The van der Waals surface area contributed by atoms with E-state index in [2.05, 4.69) is 4.98 Å². The Hall–Kier alpha value is -1.03. The van der Waals surface area contributed by atoms with Gasteiger partial charge in [-0.25, -0.2) is 9.37 Å². The summed E-state index contributed by atoms with van der Waals surface area (Å²) in [5.74, 6) is -0.367. The van der Waals surface area contributed by atoms with Crippen LogP contribution in [0.4, 0.5) is 10.2 Å². The highest BCUT2D eigenvalue weighted by Gasteiger charge is 2.14. The quantitative estimate of drug-likeness (QED) is 0.844. The Bertz CT molecular complexity index is 564. The predicted molar refractivity (Wildman–Crippen MR) is 69.1 cm³/mol. The molecule has 1 aromatic heterocycles. The van der Waals surface area contributed by atoms with Crippen LogP contribution in [0.25, 0.3) is 11.1 Å². The van der Waals surface area contributed by atoms with E-state index in [4.69, 9.17) is 40.5 Å². The second-order valence-corrected chi connectivity index (χ2v) is 4.58. The molecule has 0 aliphatic rings. The molecule has 0 bridgehead atoms. The maximum Gasteiger partial charge on any atom is 0.142 e. The fraction of sp³-hybridized carbons (Fsp3) is 0. The van der Waals surface area contributed by atoms with Crippen LogP contribution in [-0.4, -0.2) is 4.98 Å². The Labute approximate surface area is 112 Å². The fourth-order valence-corrected chi connectivity index (χ4v) is 2.47. The Morgan fingerprint density at radius 3 is 2.24 bits per heavy atom. The van der Waals surface area contributed by atoms with E-state index in [0.717, 1.165) is 6.20 Å². The lowest BCUT2D eigenvalue weighted by atomic mass is 10.1. The first-order valence-electron chi connectivity index (χ1n) is 4.55. The zero-order valence-electron chi connectivity index (χ0n) is 8.35. The van der Waals surface area contributed by atoms with Crippen LogP contribution in [0.15, 0.2) is 24.4 Å². The molecule has 0 spiro atoms. The molecule has 0 radical (unpaired) electrons. The van der Waals surface area contributed by atoms with Crippen LogP contribution in [0.5, 0.6) is 0 Å². The number of halogens is 4. The number of pyridine rings is 1. The van der Waals surface area contributed by atoms with E-state index in [1.54, 1.807) is 0 Å². The smallest absolute Gasteiger partial charge is 0.142 e. The van der Waals surface area contributed by atoms with Gasteiger partial charge in [-0.2, -0.15) is 0 Å². The topological polar surface area (TPSA) is 38.9 Å². The van der Waals surface area contributed by atoms with Crippen molar-refractivity contribution >= 4 is 40.6 Å². The SMILES string of the molecule is Nc1ncc(F)cc1-c1c(Cl)cc(Cl)cc1Cl. The average Bonchev–Trinajstić information content (AvgIpc) is 2.21. The molecule has 0 fully saturated rings. The number of nitrogens with two attached hydrogens (primary N) is 1. The molecular formula is C11H6Cl3FN2. The standard InChI is InChI=1S/C11H6Cl3FN2/c12-5-1-8(13)10(9(14)2-5)7-3-6(15)4-17-11(7)16/h1-4H,(H2,16,17). The van der Waals surface area contributed by atoms with Gasteiger partial charge in [0.1, 0.15) is 11.6 Å². The van der Waals surface area contributed by atoms with E-state index in [1.807, 2.05) is 0 Å². The number of aromatic nitrogens is 1. The molecule has 0 atom stereocenters. The third-order valence-electron chi connectivity index (χ3n) is 2.16. The molecule has 17 heavy (non-hydrogen) atoms. The van der Waals surface area contributed by atoms with Gasteiger partial charge >= 0.3 is 0 Å². The van der Waals surface area contributed by atoms with Gasteiger partial charge in [0, 0.05) is 16.1 Å². The van der Waals surface area contributed by atoms with Crippen LogP contribution >= 0.6 is 34.8 Å². The monoisotopic (exact) mass is 290 g/mol. The van der Waals surface area contributed by atoms with Crippen molar-refractivity contribution in [1.82, 2.24) is 4.98 Å². The number of nitrogen functional groups attached to an aromatic ring is 1. The Morgan fingerprint density at radius 1 is 1.06 bits per heavy atom. The van der Waals surface area contributed by atoms with Crippen molar-refractivity contribution in [3.8, 4) is 11.1 Å². The Balaban J connectivity index is 2.72. The number of anilines is 1. The molecule has 0 unspecified atom stereocenters. The van der Waals surface area contributed by atoms with E-state index in [1.165, 1.54) is 18.2 Å². The number of rotatable bonds is 1. The highest BCUT2D eigenvalue weighted by atomic mass is 35.5. The van der Waals surface area contributed by atoms with Crippen molar-refractivity contribution in [2.45, 2.75) is 0 Å². The van der Waals surface area contributed by atoms with Crippen molar-refractivity contribution in [2.75, 3.05) is 5.73 Å². The van der Waals surface area contributed by atoms with Crippen LogP contribution < -0.4 is 5.73 Å². The molecule has 0 aliphatic carbocycles. The summed E-state index contributed by atoms with van der Waals surface area (Å²) >= 11 is 17.8. The minimum atomic E-state index is -0.517. The fourth-order valence-electron chi connectivity index (χ4n) is 1.45. The van der Waals surface area contributed by atoms with Gasteiger partial charge in [-0.1, -0.05) is 34.8 Å². The maximum atomic E-state index is 13.1. The number of hydrogen-bond acceptors (Lipinski definition) is 2. The molecule has 0 saturated heterocycles. The summed E-state index contributed by atoms with van der Waals surface area (Å²) in [7, 11) is 0. The van der Waals surface area contributed by atoms with Crippen LogP contribution in [0, 0.1) is 5.82 Å². The predicted octanol–water partition coefficient (Wildman–Crippen LogP) is 4.43. The summed E-state index contributed by atoms with van der Waals surface area (Å²) in [6, 6.07) is 4.24. The molecule has 2 rings (SSSR count). The summed E-state index contributed by atoms with van der Waals surface area (Å²) in [6.07, 6.45) is 1.02. The molecule has 0 saturated carbocycles. The van der Waals surface area contributed by atoms with Gasteiger partial charge in [0.25, 0.3) is 0 Å². The molecule has 6 heteroatoms. The van der Waals surface area contributed by atoms with E-state index in [9.17, 15) is 4.39 Å². The average molecular weight is 292 g/mol. The van der Waals surface area contributed by atoms with E-state index in [0.29, 0.717) is 26.2 Å². The molecule has 0 amide bonds. The molecule has 88 valence electrons. The third-order valence-corrected chi connectivity index (χ3v) is 2.98. The van der Waals surface area contributed by atoms with Crippen molar-refractivity contribution in [3.63, 3.8) is 0 Å². The van der Waals surface area contributed by atoms with Gasteiger partial charge in [0.15, 0.2) is 0 Å². The minimum absolute atomic E-state index is 0.150. The number of hydrogen-bond donors (Lipinski definition) is 1. The van der Waals surface area contributed by atoms with Crippen LogP contribution in [0.1, 0.15) is 0 Å². The van der Waals surface area contributed by atoms with Gasteiger partial charge in [-0.3, -0.25) is 0 Å². The summed E-state index contributed by atoms with van der Waals surface area (Å²) in [6.45, 7) is 0. The van der Waals surface area contributed by atoms with E-state index in [-0.39, 0.29) is 5.82 Å². The summed E-state index contributed by atoms with van der Waals surface area (Å²) < 4.78 is 13.1. The van der Waals surface area contributed by atoms with Gasteiger partial charge in [0.2, 0.25) is 0 Å². The van der Waals surface area contributed by atoms with Crippen molar-refractivity contribution in [2.24, 2.45) is 0 Å². The summed E-state index contributed by atoms with van der Waals surface area (Å²) in [4.78, 5) is 3.71. The first-order chi connectivity index (χ1) is 7.99. The highest BCUT2D eigenvalue weighted by molar-refractivity contribution is 6.42. The highest BCUT2D eigenvalue weighted by Crippen LogP contribution is 2.39. The van der Waals surface area contributed by atoms with Crippen LogP contribution in [-0.2, 0) is 0 Å². The first-order valence-corrected chi connectivity index (χ1v) is 5.68. The molecule has 0 aliphatic heterocycles. The Morgan fingerprint density at radius 2 is 1.65 bits per heavy atom. The van der Waals surface area contributed by atoms with Crippen molar-refractivity contribution in [3.05, 3.63) is 45.3 Å². The van der Waals surface area contributed by atoms with E-state index >= 15 is 0 Å². The normalized spacial score (nSPS) is 10.6. The zero-order valence-corrected chi connectivity index (χ0v) is 10.6. The molecule has 2 aromatic rings. The maximum absolute atomic E-state index is 13.1.